The molecule has 1 saturated heterocycles. The predicted octanol–water partition coefficient (Wildman–Crippen LogP) is 1.33. The predicted molar refractivity (Wildman–Crippen MR) is 70.1 cm³/mol. The molecule has 1 aromatic rings. The van der Waals surface area contributed by atoms with E-state index < -0.39 is 9.84 Å². The van der Waals surface area contributed by atoms with Gasteiger partial charge in [-0.15, -0.1) is 11.3 Å². The average molecular weight is 274 g/mol. The number of hydrogen-bond acceptors (Lipinski definition) is 5. The molecule has 4 nitrogen and oxygen atoms in total. The fourth-order valence-corrected chi connectivity index (χ4v) is 5.03. The normalized spacial score (nSPS) is 23.7. The molecule has 0 saturated carbocycles. The van der Waals surface area contributed by atoms with Gasteiger partial charge in [0.15, 0.2) is 9.84 Å². The van der Waals surface area contributed by atoms with Crippen LogP contribution in [0.15, 0.2) is 6.20 Å². The van der Waals surface area contributed by atoms with Crippen LogP contribution in [0.3, 0.4) is 0 Å². The third kappa shape index (κ3) is 3.50. The zero-order valence-corrected chi connectivity index (χ0v) is 11.4. The van der Waals surface area contributed by atoms with Crippen LogP contribution in [-0.2, 0) is 16.3 Å². The minimum Gasteiger partial charge on any atom is -0.330 e. The number of nitrogens with zero attached hydrogens (tertiary/aromatic N) is 1. The van der Waals surface area contributed by atoms with E-state index in [1.807, 2.05) is 6.20 Å². The molecule has 0 bridgehead atoms. The van der Waals surface area contributed by atoms with E-state index in [2.05, 4.69) is 4.98 Å². The lowest BCUT2D eigenvalue weighted by Gasteiger charge is -2.19. The summed E-state index contributed by atoms with van der Waals surface area (Å²) in [4.78, 5) is 5.59. The van der Waals surface area contributed by atoms with Crippen molar-refractivity contribution in [2.24, 2.45) is 5.73 Å². The van der Waals surface area contributed by atoms with Crippen LogP contribution in [0.2, 0.25) is 0 Å². The quantitative estimate of drug-likeness (QED) is 0.899. The summed E-state index contributed by atoms with van der Waals surface area (Å²) in [5.41, 5.74) is 5.47. The van der Waals surface area contributed by atoms with Gasteiger partial charge in [0.25, 0.3) is 0 Å². The summed E-state index contributed by atoms with van der Waals surface area (Å²) in [5, 5.41) is 0.986. The smallest absolute Gasteiger partial charge is 0.151 e. The van der Waals surface area contributed by atoms with Crippen LogP contribution >= 0.6 is 11.3 Å². The molecular weight excluding hydrogens is 256 g/mol. The highest BCUT2D eigenvalue weighted by Gasteiger charge is 2.27. The van der Waals surface area contributed by atoms with Gasteiger partial charge in [-0.2, -0.15) is 0 Å². The Morgan fingerprint density at radius 3 is 3.06 bits per heavy atom. The Balaban J connectivity index is 2.04. The number of aryl methyl sites for hydroxylation is 1. The van der Waals surface area contributed by atoms with Crippen molar-refractivity contribution in [2.75, 3.05) is 18.1 Å². The number of thiazole rings is 1. The summed E-state index contributed by atoms with van der Waals surface area (Å²) in [5.74, 6) is 0.733. The highest BCUT2D eigenvalue weighted by molar-refractivity contribution is 7.91. The van der Waals surface area contributed by atoms with E-state index in [9.17, 15) is 8.42 Å². The van der Waals surface area contributed by atoms with Crippen molar-refractivity contribution in [1.29, 1.82) is 0 Å². The van der Waals surface area contributed by atoms with Crippen molar-refractivity contribution >= 4 is 21.2 Å². The maximum Gasteiger partial charge on any atom is 0.151 e. The van der Waals surface area contributed by atoms with E-state index in [0.29, 0.717) is 12.3 Å². The van der Waals surface area contributed by atoms with Gasteiger partial charge in [-0.3, -0.25) is 0 Å². The Labute approximate surface area is 106 Å². The van der Waals surface area contributed by atoms with Gasteiger partial charge in [0.05, 0.1) is 16.5 Å². The van der Waals surface area contributed by atoms with Gasteiger partial charge < -0.3 is 5.73 Å². The summed E-state index contributed by atoms with van der Waals surface area (Å²) >= 11 is 1.65. The molecule has 0 amide bonds. The number of hydrogen-bond donors (Lipinski definition) is 1. The van der Waals surface area contributed by atoms with Gasteiger partial charge in [0.1, 0.15) is 0 Å². The summed E-state index contributed by atoms with van der Waals surface area (Å²) in [7, 11) is -2.84. The van der Waals surface area contributed by atoms with Crippen LogP contribution in [-0.4, -0.2) is 31.5 Å². The second-order valence-electron chi connectivity index (χ2n) is 4.51. The Bertz CT molecular complexity index is 468. The maximum absolute atomic E-state index is 11.6. The molecule has 2 heterocycles. The first-order valence-corrected chi connectivity index (χ1v) is 8.59. The van der Waals surface area contributed by atoms with Gasteiger partial charge in [-0.05, 0) is 32.2 Å². The molecule has 2 N–H and O–H groups in total. The Hall–Kier alpha value is -0.460. The van der Waals surface area contributed by atoms with Gasteiger partial charge in [-0.1, -0.05) is 0 Å². The second kappa shape index (κ2) is 5.46. The third-order valence-corrected chi connectivity index (χ3v) is 6.05. The fraction of sp³-hybridized carbons (Fsp3) is 0.727. The molecule has 0 aromatic carbocycles. The van der Waals surface area contributed by atoms with Crippen LogP contribution in [0.4, 0.5) is 0 Å². The van der Waals surface area contributed by atoms with E-state index in [1.165, 1.54) is 4.88 Å². The zero-order valence-electron chi connectivity index (χ0n) is 9.76. The summed E-state index contributed by atoms with van der Waals surface area (Å²) in [6.45, 7) is 0.686. The van der Waals surface area contributed by atoms with Gasteiger partial charge in [-0.25, -0.2) is 13.4 Å². The molecule has 1 fully saturated rings. The minimum absolute atomic E-state index is 0.116. The van der Waals surface area contributed by atoms with Crippen LogP contribution < -0.4 is 5.73 Å². The minimum atomic E-state index is -2.84. The van der Waals surface area contributed by atoms with Crippen molar-refractivity contribution in [3.63, 3.8) is 0 Å². The van der Waals surface area contributed by atoms with E-state index >= 15 is 0 Å². The molecule has 6 heteroatoms. The molecule has 96 valence electrons. The second-order valence-corrected chi connectivity index (χ2v) is 7.89. The first-order valence-electron chi connectivity index (χ1n) is 5.96. The van der Waals surface area contributed by atoms with E-state index in [0.717, 1.165) is 30.7 Å². The van der Waals surface area contributed by atoms with Crippen molar-refractivity contribution in [2.45, 2.75) is 31.6 Å². The topological polar surface area (TPSA) is 73.0 Å². The fourth-order valence-electron chi connectivity index (χ4n) is 2.12. The summed E-state index contributed by atoms with van der Waals surface area (Å²) < 4.78 is 23.1. The maximum atomic E-state index is 11.6. The summed E-state index contributed by atoms with van der Waals surface area (Å²) in [6.07, 6.45) is 5.50. The molecule has 0 spiro atoms. The molecule has 1 unspecified atom stereocenters. The van der Waals surface area contributed by atoms with Gasteiger partial charge in [0.2, 0.25) is 0 Å². The number of rotatable bonds is 4. The van der Waals surface area contributed by atoms with E-state index in [-0.39, 0.29) is 11.7 Å². The van der Waals surface area contributed by atoms with Crippen molar-refractivity contribution in [3.8, 4) is 0 Å². The monoisotopic (exact) mass is 274 g/mol. The lowest BCUT2D eigenvalue weighted by atomic mass is 10.1. The number of nitrogens with two attached hydrogens (primary N) is 1. The number of sulfone groups is 1. The first kappa shape index (κ1) is 13.0. The number of aromatic nitrogens is 1. The first-order chi connectivity index (χ1) is 8.11. The van der Waals surface area contributed by atoms with Crippen molar-refractivity contribution in [3.05, 3.63) is 16.1 Å². The van der Waals surface area contributed by atoms with Crippen LogP contribution in [0, 0.1) is 0 Å². The van der Waals surface area contributed by atoms with Crippen molar-refractivity contribution < 1.29 is 8.42 Å². The highest BCUT2D eigenvalue weighted by atomic mass is 32.2. The van der Waals surface area contributed by atoms with Crippen LogP contribution in [0.25, 0.3) is 0 Å². The van der Waals surface area contributed by atoms with E-state index in [4.69, 9.17) is 5.73 Å². The molecule has 2 rings (SSSR count). The third-order valence-electron chi connectivity index (χ3n) is 3.01. The average Bonchev–Trinajstić information content (AvgIpc) is 2.73. The molecule has 1 aliphatic heterocycles. The molecule has 1 aliphatic rings. The highest BCUT2D eigenvalue weighted by Crippen LogP contribution is 2.31. The Morgan fingerprint density at radius 1 is 1.53 bits per heavy atom. The van der Waals surface area contributed by atoms with E-state index in [1.54, 1.807) is 11.3 Å². The lowest BCUT2D eigenvalue weighted by Crippen LogP contribution is -2.23. The Kier molecular flexibility index (Phi) is 4.17. The van der Waals surface area contributed by atoms with Crippen LogP contribution in [0.1, 0.15) is 35.1 Å². The van der Waals surface area contributed by atoms with Gasteiger partial charge >= 0.3 is 0 Å². The molecule has 17 heavy (non-hydrogen) atoms. The standard InChI is InChI=1S/C11H18N2O2S2/c12-5-1-4-10-7-13-11(16-10)9-3-2-6-17(14,15)8-9/h7,9H,1-6,8,12H2. The Morgan fingerprint density at radius 2 is 2.35 bits per heavy atom. The zero-order chi connectivity index (χ0) is 12.3. The molecule has 0 radical (unpaired) electrons. The summed E-state index contributed by atoms with van der Waals surface area (Å²) in [6, 6.07) is 0. The SMILES string of the molecule is NCCCc1cnc(C2CCCS(=O)(=O)C2)s1. The largest absolute Gasteiger partial charge is 0.330 e. The molecule has 1 atom stereocenters. The molecular formula is C11H18N2O2S2. The van der Waals surface area contributed by atoms with Crippen LogP contribution in [0.5, 0.6) is 0 Å². The molecule has 1 aromatic heterocycles. The lowest BCUT2D eigenvalue weighted by molar-refractivity contribution is 0.553. The molecule has 0 aliphatic carbocycles. The van der Waals surface area contributed by atoms with Gasteiger partial charge in [0, 0.05) is 17.0 Å². The van der Waals surface area contributed by atoms with Crippen molar-refractivity contribution in [1.82, 2.24) is 4.98 Å².